The maximum atomic E-state index is 12.1. The van der Waals surface area contributed by atoms with Crippen LogP contribution in [0.1, 0.15) is 53.4 Å². The van der Waals surface area contributed by atoms with Crippen LogP contribution in [-0.2, 0) is 4.79 Å². The average molecular weight is 241 g/mol. The summed E-state index contributed by atoms with van der Waals surface area (Å²) in [4.78, 5) is 12.1. The molecule has 0 bridgehead atoms. The molecule has 0 saturated heterocycles. The zero-order valence-electron chi connectivity index (χ0n) is 11.6. The van der Waals surface area contributed by atoms with Gasteiger partial charge in [-0.25, -0.2) is 0 Å². The predicted octanol–water partition coefficient (Wildman–Crippen LogP) is 2.34. The minimum atomic E-state index is -0.308. The lowest BCUT2D eigenvalue weighted by atomic mass is 9.83. The monoisotopic (exact) mass is 241 g/mol. The molecule has 17 heavy (non-hydrogen) atoms. The van der Waals surface area contributed by atoms with Gasteiger partial charge in [-0.3, -0.25) is 4.79 Å². The number of aliphatic hydroxyl groups excluding tert-OH is 1. The van der Waals surface area contributed by atoms with E-state index in [0.29, 0.717) is 12.5 Å². The molecule has 3 nitrogen and oxygen atoms in total. The molecule has 0 aliphatic heterocycles. The van der Waals surface area contributed by atoms with Crippen molar-refractivity contribution in [2.45, 2.75) is 59.5 Å². The minimum Gasteiger partial charge on any atom is -0.393 e. The van der Waals surface area contributed by atoms with Crippen LogP contribution < -0.4 is 5.32 Å². The van der Waals surface area contributed by atoms with E-state index in [-0.39, 0.29) is 23.3 Å². The smallest absolute Gasteiger partial charge is 0.225 e. The zero-order chi connectivity index (χ0) is 13.1. The van der Waals surface area contributed by atoms with Crippen LogP contribution in [0.15, 0.2) is 0 Å². The van der Waals surface area contributed by atoms with E-state index in [2.05, 4.69) is 19.2 Å². The van der Waals surface area contributed by atoms with E-state index in [9.17, 15) is 9.90 Å². The molecule has 0 radical (unpaired) electrons. The van der Waals surface area contributed by atoms with Crippen molar-refractivity contribution < 1.29 is 9.90 Å². The first-order valence-electron chi connectivity index (χ1n) is 6.79. The van der Waals surface area contributed by atoms with Crippen molar-refractivity contribution in [2.75, 3.05) is 6.54 Å². The van der Waals surface area contributed by atoms with Gasteiger partial charge in [0, 0.05) is 17.9 Å². The maximum absolute atomic E-state index is 12.1. The van der Waals surface area contributed by atoms with E-state index in [1.165, 1.54) is 0 Å². The van der Waals surface area contributed by atoms with Gasteiger partial charge in [-0.15, -0.1) is 0 Å². The number of carbonyl (C=O) groups is 1. The van der Waals surface area contributed by atoms with E-state index >= 15 is 0 Å². The fourth-order valence-electron chi connectivity index (χ4n) is 2.83. The van der Waals surface area contributed by atoms with Crippen molar-refractivity contribution in [3.05, 3.63) is 0 Å². The summed E-state index contributed by atoms with van der Waals surface area (Å²) in [6.45, 7) is 8.88. The van der Waals surface area contributed by atoms with E-state index in [1.807, 2.05) is 13.8 Å². The van der Waals surface area contributed by atoms with Gasteiger partial charge in [-0.05, 0) is 25.2 Å². The molecule has 1 aliphatic carbocycles. The lowest BCUT2D eigenvalue weighted by Gasteiger charge is -2.26. The van der Waals surface area contributed by atoms with E-state index in [0.717, 1.165) is 25.7 Å². The number of hydrogen-bond donors (Lipinski definition) is 2. The van der Waals surface area contributed by atoms with Gasteiger partial charge in [0.05, 0.1) is 6.10 Å². The summed E-state index contributed by atoms with van der Waals surface area (Å²) in [6.07, 6.45) is 3.68. The van der Waals surface area contributed by atoms with Gasteiger partial charge in [-0.1, -0.05) is 34.1 Å². The van der Waals surface area contributed by atoms with E-state index in [1.54, 1.807) is 0 Å². The van der Waals surface area contributed by atoms with Gasteiger partial charge in [0.1, 0.15) is 0 Å². The van der Waals surface area contributed by atoms with Crippen LogP contribution in [-0.4, -0.2) is 23.7 Å². The Kier molecular flexibility index (Phi) is 4.99. The van der Waals surface area contributed by atoms with Crippen LogP contribution in [0.25, 0.3) is 0 Å². The van der Waals surface area contributed by atoms with Gasteiger partial charge < -0.3 is 10.4 Å². The normalized spacial score (nSPS) is 25.3. The highest BCUT2D eigenvalue weighted by Gasteiger charge is 2.30. The van der Waals surface area contributed by atoms with Crippen LogP contribution in [0, 0.1) is 17.3 Å². The Balaban J connectivity index is 2.38. The Bertz CT molecular complexity index is 261. The molecular weight excluding hydrogens is 214 g/mol. The van der Waals surface area contributed by atoms with Crippen LogP contribution >= 0.6 is 0 Å². The predicted molar refractivity (Wildman–Crippen MR) is 69.6 cm³/mol. The van der Waals surface area contributed by atoms with Gasteiger partial charge in [-0.2, -0.15) is 0 Å². The highest BCUT2D eigenvalue weighted by molar-refractivity contribution is 5.81. The highest BCUT2D eigenvalue weighted by Crippen LogP contribution is 2.27. The fourth-order valence-corrected chi connectivity index (χ4v) is 2.83. The number of carbonyl (C=O) groups excluding carboxylic acids is 1. The number of nitrogens with one attached hydrogen (secondary N) is 1. The molecule has 1 fully saturated rings. The minimum absolute atomic E-state index is 0.116. The molecule has 100 valence electrons. The van der Waals surface area contributed by atoms with Gasteiger partial charge >= 0.3 is 0 Å². The highest BCUT2D eigenvalue weighted by atomic mass is 16.3. The Morgan fingerprint density at radius 3 is 2.53 bits per heavy atom. The first kappa shape index (κ1) is 14.5. The third-order valence-electron chi connectivity index (χ3n) is 3.68. The lowest BCUT2D eigenvalue weighted by molar-refractivity contribution is -0.130. The van der Waals surface area contributed by atoms with Crippen molar-refractivity contribution in [1.82, 2.24) is 5.32 Å². The number of rotatable bonds is 5. The van der Waals surface area contributed by atoms with Crippen molar-refractivity contribution in [3.8, 4) is 0 Å². The molecule has 1 rings (SSSR count). The van der Waals surface area contributed by atoms with E-state index in [4.69, 9.17) is 0 Å². The van der Waals surface area contributed by atoms with Crippen molar-refractivity contribution in [3.63, 3.8) is 0 Å². The van der Waals surface area contributed by atoms with Crippen molar-refractivity contribution in [1.29, 1.82) is 0 Å². The first-order valence-corrected chi connectivity index (χ1v) is 6.79. The molecule has 0 heterocycles. The zero-order valence-corrected chi connectivity index (χ0v) is 11.6. The molecule has 1 aliphatic rings. The fraction of sp³-hybridized carbons (Fsp3) is 0.929. The summed E-state index contributed by atoms with van der Waals surface area (Å²) >= 11 is 0. The molecule has 0 aromatic carbocycles. The Hall–Kier alpha value is -0.570. The second-order valence-electron chi connectivity index (χ2n) is 6.45. The van der Waals surface area contributed by atoms with Crippen LogP contribution in [0.5, 0.6) is 0 Å². The Morgan fingerprint density at radius 1 is 1.41 bits per heavy atom. The van der Waals surface area contributed by atoms with Gasteiger partial charge in [0.2, 0.25) is 5.91 Å². The van der Waals surface area contributed by atoms with Gasteiger partial charge in [0.15, 0.2) is 0 Å². The summed E-state index contributed by atoms with van der Waals surface area (Å²) in [7, 11) is 0. The van der Waals surface area contributed by atoms with Crippen LogP contribution in [0.3, 0.4) is 0 Å². The molecule has 2 unspecified atom stereocenters. The van der Waals surface area contributed by atoms with Crippen molar-refractivity contribution >= 4 is 5.91 Å². The largest absolute Gasteiger partial charge is 0.393 e. The summed E-state index contributed by atoms with van der Waals surface area (Å²) in [5, 5.41) is 12.7. The summed E-state index contributed by atoms with van der Waals surface area (Å²) in [5.41, 5.74) is -0.308. The molecule has 2 N–H and O–H groups in total. The number of hydrogen-bond acceptors (Lipinski definition) is 2. The Labute approximate surface area is 105 Å². The molecule has 0 aromatic rings. The first-order chi connectivity index (χ1) is 7.83. The molecule has 0 aromatic heterocycles. The van der Waals surface area contributed by atoms with Gasteiger partial charge in [0.25, 0.3) is 0 Å². The Morgan fingerprint density at radius 2 is 2.06 bits per heavy atom. The summed E-state index contributed by atoms with van der Waals surface area (Å²) < 4.78 is 0. The molecule has 2 atom stereocenters. The van der Waals surface area contributed by atoms with Crippen LogP contribution in [0.4, 0.5) is 0 Å². The topological polar surface area (TPSA) is 49.3 Å². The molecule has 1 saturated carbocycles. The SMILES string of the molecule is CC(C)CC(C)(C)C(=O)NCC1CCCC1O. The third kappa shape index (κ3) is 4.30. The summed E-state index contributed by atoms with van der Waals surface area (Å²) in [5.74, 6) is 0.895. The quantitative estimate of drug-likeness (QED) is 0.776. The second-order valence-corrected chi connectivity index (χ2v) is 6.45. The molecule has 1 amide bonds. The molecule has 0 spiro atoms. The number of aliphatic hydroxyl groups is 1. The van der Waals surface area contributed by atoms with Crippen LogP contribution in [0.2, 0.25) is 0 Å². The maximum Gasteiger partial charge on any atom is 0.225 e. The number of amides is 1. The molecular formula is C14H27NO2. The molecule has 3 heteroatoms. The summed E-state index contributed by atoms with van der Waals surface area (Å²) in [6, 6.07) is 0. The third-order valence-corrected chi connectivity index (χ3v) is 3.68. The lowest BCUT2D eigenvalue weighted by Crippen LogP contribution is -2.41. The van der Waals surface area contributed by atoms with E-state index < -0.39 is 0 Å². The standard InChI is InChI=1S/C14H27NO2/c1-10(2)8-14(3,4)13(17)15-9-11-6-5-7-12(11)16/h10-12,16H,5-9H2,1-4H3,(H,15,17). The second kappa shape index (κ2) is 5.85. The van der Waals surface area contributed by atoms with Crippen molar-refractivity contribution in [2.24, 2.45) is 17.3 Å². The average Bonchev–Trinajstić information content (AvgIpc) is 2.58.